The lowest BCUT2D eigenvalue weighted by molar-refractivity contribution is 0.216. The number of para-hydroxylation sites is 1. The summed E-state index contributed by atoms with van der Waals surface area (Å²) < 4.78 is 5.97. The molecular formula is C12H13N3OS. The lowest BCUT2D eigenvalue weighted by atomic mass is 10.1. The van der Waals surface area contributed by atoms with E-state index >= 15 is 0 Å². The van der Waals surface area contributed by atoms with Crippen LogP contribution in [0.15, 0.2) is 29.3 Å². The molecule has 1 aromatic heterocycles. The Bertz CT molecular complexity index is 577. The number of hydrogen-bond acceptors (Lipinski definition) is 4. The highest BCUT2D eigenvalue weighted by atomic mass is 32.2. The molecule has 2 heterocycles. The monoisotopic (exact) mass is 247 g/mol. The molecule has 0 unspecified atom stereocenters. The summed E-state index contributed by atoms with van der Waals surface area (Å²) in [6.45, 7) is 4.11. The molecule has 0 saturated heterocycles. The number of hydrogen-bond donors (Lipinski definition) is 2. The molecular weight excluding hydrogens is 234 g/mol. The summed E-state index contributed by atoms with van der Waals surface area (Å²) in [5, 5.41) is 6.69. The van der Waals surface area contributed by atoms with Gasteiger partial charge in [-0.05, 0) is 19.9 Å². The zero-order valence-corrected chi connectivity index (χ0v) is 10.5. The summed E-state index contributed by atoms with van der Waals surface area (Å²) in [6.07, 6.45) is 1.73. The number of thioether (sulfide) groups is 1. The van der Waals surface area contributed by atoms with Crippen LogP contribution < -0.4 is 10.5 Å². The normalized spacial score (nSPS) is 16.6. The highest BCUT2D eigenvalue weighted by molar-refractivity contribution is 8.00. The molecule has 0 bridgehead atoms. The Balaban J connectivity index is 2.16. The molecule has 4 nitrogen and oxygen atoms in total. The van der Waals surface area contributed by atoms with Crippen molar-refractivity contribution in [3.63, 3.8) is 0 Å². The number of aromatic amines is 1. The van der Waals surface area contributed by atoms with Crippen molar-refractivity contribution < 1.29 is 4.74 Å². The van der Waals surface area contributed by atoms with E-state index < -0.39 is 0 Å². The molecule has 5 heteroatoms. The van der Waals surface area contributed by atoms with Crippen LogP contribution in [-0.4, -0.2) is 15.1 Å². The van der Waals surface area contributed by atoms with Crippen LogP contribution in [0.1, 0.15) is 13.8 Å². The van der Waals surface area contributed by atoms with Crippen molar-refractivity contribution in [1.29, 1.82) is 0 Å². The summed E-state index contributed by atoms with van der Waals surface area (Å²) >= 11 is 1.72. The standard InChI is InChI=1S/C12H13N3OS/c1-12(2)16-10-7(4-3-5-9(10)17-12)8-6-14-15-11(8)13/h3-6H,1-2H3,(H3,13,14,15). The highest BCUT2D eigenvalue weighted by Crippen LogP contribution is 2.51. The molecule has 0 radical (unpaired) electrons. The van der Waals surface area contributed by atoms with E-state index in [2.05, 4.69) is 30.1 Å². The smallest absolute Gasteiger partial charge is 0.153 e. The number of ether oxygens (including phenoxy) is 1. The van der Waals surface area contributed by atoms with Crippen molar-refractivity contribution in [1.82, 2.24) is 10.2 Å². The highest BCUT2D eigenvalue weighted by Gasteiger charge is 2.33. The van der Waals surface area contributed by atoms with E-state index in [4.69, 9.17) is 10.5 Å². The Kier molecular flexibility index (Phi) is 2.13. The lowest BCUT2D eigenvalue weighted by Crippen LogP contribution is -2.18. The number of benzene rings is 1. The van der Waals surface area contributed by atoms with Crippen LogP contribution in [0, 0.1) is 0 Å². The van der Waals surface area contributed by atoms with Crippen molar-refractivity contribution in [2.45, 2.75) is 23.7 Å². The summed E-state index contributed by atoms with van der Waals surface area (Å²) in [4.78, 5) is 0.921. The molecule has 2 aromatic rings. The van der Waals surface area contributed by atoms with E-state index in [1.165, 1.54) is 0 Å². The van der Waals surface area contributed by atoms with E-state index in [1.807, 2.05) is 12.1 Å². The Morgan fingerprint density at radius 3 is 2.88 bits per heavy atom. The third kappa shape index (κ3) is 1.67. The second-order valence-corrected chi connectivity index (χ2v) is 6.06. The SMILES string of the molecule is CC1(C)Oc2c(cccc2-c2cn[nH]c2N)S1. The summed E-state index contributed by atoms with van der Waals surface area (Å²) in [5.41, 5.74) is 7.74. The first kappa shape index (κ1) is 10.5. The number of aromatic nitrogens is 2. The third-order valence-corrected chi connectivity index (χ3v) is 3.76. The van der Waals surface area contributed by atoms with Gasteiger partial charge in [0.2, 0.25) is 0 Å². The topological polar surface area (TPSA) is 63.9 Å². The van der Waals surface area contributed by atoms with Gasteiger partial charge in [-0.15, -0.1) is 0 Å². The van der Waals surface area contributed by atoms with Crippen molar-refractivity contribution in [3.8, 4) is 16.9 Å². The molecule has 3 rings (SSSR count). The second-order valence-electron chi connectivity index (χ2n) is 4.43. The summed E-state index contributed by atoms with van der Waals surface area (Å²) in [6, 6.07) is 6.08. The average molecular weight is 247 g/mol. The van der Waals surface area contributed by atoms with Crippen LogP contribution >= 0.6 is 11.8 Å². The molecule has 1 aromatic carbocycles. The van der Waals surface area contributed by atoms with Crippen LogP contribution in [0.3, 0.4) is 0 Å². The average Bonchev–Trinajstić information content (AvgIpc) is 2.78. The predicted molar refractivity (Wildman–Crippen MR) is 69.0 cm³/mol. The molecule has 0 spiro atoms. The Labute approximate surface area is 104 Å². The molecule has 0 fully saturated rings. The van der Waals surface area contributed by atoms with Crippen molar-refractivity contribution in [2.24, 2.45) is 0 Å². The van der Waals surface area contributed by atoms with Gasteiger partial charge in [0.05, 0.1) is 11.1 Å². The maximum atomic E-state index is 5.97. The van der Waals surface area contributed by atoms with Crippen LogP contribution in [0.4, 0.5) is 5.82 Å². The van der Waals surface area contributed by atoms with E-state index in [1.54, 1.807) is 18.0 Å². The first-order valence-electron chi connectivity index (χ1n) is 5.37. The van der Waals surface area contributed by atoms with E-state index in [0.717, 1.165) is 21.8 Å². The van der Waals surface area contributed by atoms with Gasteiger partial charge >= 0.3 is 0 Å². The predicted octanol–water partition coefficient (Wildman–Crippen LogP) is 2.88. The molecule has 0 atom stereocenters. The van der Waals surface area contributed by atoms with Gasteiger partial charge in [0.15, 0.2) is 4.93 Å². The molecule has 3 N–H and O–H groups in total. The first-order chi connectivity index (χ1) is 8.07. The van der Waals surface area contributed by atoms with E-state index in [9.17, 15) is 0 Å². The Morgan fingerprint density at radius 1 is 1.35 bits per heavy atom. The largest absolute Gasteiger partial charge is 0.475 e. The van der Waals surface area contributed by atoms with Crippen LogP contribution in [0.2, 0.25) is 0 Å². The first-order valence-corrected chi connectivity index (χ1v) is 6.19. The van der Waals surface area contributed by atoms with Crippen LogP contribution in [0.5, 0.6) is 5.75 Å². The van der Waals surface area contributed by atoms with Crippen LogP contribution in [0.25, 0.3) is 11.1 Å². The van der Waals surface area contributed by atoms with Crippen molar-refractivity contribution in [2.75, 3.05) is 5.73 Å². The van der Waals surface area contributed by atoms with Gasteiger partial charge in [-0.1, -0.05) is 23.9 Å². The number of nitrogens with zero attached hydrogens (tertiary/aromatic N) is 1. The van der Waals surface area contributed by atoms with Gasteiger partial charge in [0.1, 0.15) is 11.6 Å². The van der Waals surface area contributed by atoms with Gasteiger partial charge in [-0.2, -0.15) is 5.10 Å². The van der Waals surface area contributed by atoms with Gasteiger partial charge in [0.25, 0.3) is 0 Å². The van der Waals surface area contributed by atoms with E-state index in [0.29, 0.717) is 5.82 Å². The van der Waals surface area contributed by atoms with Crippen molar-refractivity contribution >= 4 is 17.6 Å². The van der Waals surface area contributed by atoms with Gasteiger partial charge in [-0.25, -0.2) is 0 Å². The van der Waals surface area contributed by atoms with Gasteiger partial charge in [-0.3, -0.25) is 5.10 Å². The van der Waals surface area contributed by atoms with Crippen molar-refractivity contribution in [3.05, 3.63) is 24.4 Å². The Hall–Kier alpha value is -1.62. The zero-order valence-electron chi connectivity index (χ0n) is 9.65. The molecule has 0 saturated carbocycles. The zero-order chi connectivity index (χ0) is 12.0. The quantitative estimate of drug-likeness (QED) is 0.813. The minimum absolute atomic E-state index is 0.225. The maximum absolute atomic E-state index is 5.97. The molecule has 0 amide bonds. The summed E-state index contributed by atoms with van der Waals surface area (Å²) in [7, 11) is 0. The fourth-order valence-corrected chi connectivity index (χ4v) is 3.00. The van der Waals surface area contributed by atoms with Gasteiger partial charge < -0.3 is 10.5 Å². The number of H-pyrrole nitrogens is 1. The summed E-state index contributed by atoms with van der Waals surface area (Å²) in [5.74, 6) is 1.47. The van der Waals surface area contributed by atoms with Crippen LogP contribution in [-0.2, 0) is 0 Å². The number of nitrogens with two attached hydrogens (primary N) is 1. The number of nitrogen functional groups attached to an aromatic ring is 1. The molecule has 88 valence electrons. The van der Waals surface area contributed by atoms with E-state index in [-0.39, 0.29) is 4.93 Å². The number of rotatable bonds is 1. The number of nitrogens with one attached hydrogen (secondary N) is 1. The molecule has 1 aliphatic heterocycles. The Morgan fingerprint density at radius 2 is 2.18 bits per heavy atom. The number of anilines is 1. The fraction of sp³-hybridized carbons (Fsp3) is 0.250. The van der Waals surface area contributed by atoms with Gasteiger partial charge in [0, 0.05) is 11.1 Å². The lowest BCUT2D eigenvalue weighted by Gasteiger charge is -2.16. The minimum atomic E-state index is -0.225. The third-order valence-electron chi connectivity index (χ3n) is 2.64. The molecule has 0 aliphatic carbocycles. The minimum Gasteiger partial charge on any atom is -0.475 e. The fourth-order valence-electron chi connectivity index (χ4n) is 1.96. The number of fused-ring (bicyclic) bond motifs is 1. The molecule has 1 aliphatic rings. The second kappa shape index (κ2) is 3.43. The molecule has 17 heavy (non-hydrogen) atoms. The maximum Gasteiger partial charge on any atom is 0.153 e.